The summed E-state index contributed by atoms with van der Waals surface area (Å²) in [6.45, 7) is 1.98. The average Bonchev–Trinajstić information content (AvgIpc) is 3.00. The van der Waals surface area contributed by atoms with E-state index < -0.39 is 0 Å². The van der Waals surface area contributed by atoms with Crippen molar-refractivity contribution in [1.82, 2.24) is 14.5 Å². The number of nitrogens with one attached hydrogen (secondary N) is 1. The maximum atomic E-state index is 12.2. The van der Waals surface area contributed by atoms with Gasteiger partial charge >= 0.3 is 0 Å². The summed E-state index contributed by atoms with van der Waals surface area (Å²) in [4.78, 5) is 20.7. The number of amides is 1. The maximum Gasteiger partial charge on any atom is 0.250 e. The molecule has 1 N–H and O–H groups in total. The van der Waals surface area contributed by atoms with Gasteiger partial charge in [0.15, 0.2) is 5.82 Å². The zero-order valence-corrected chi connectivity index (χ0v) is 13.4. The van der Waals surface area contributed by atoms with Gasteiger partial charge in [-0.2, -0.15) is 0 Å². The van der Waals surface area contributed by atoms with Crippen LogP contribution in [0.3, 0.4) is 0 Å². The Morgan fingerprint density at radius 1 is 1.30 bits per heavy atom. The number of pyridine rings is 1. The van der Waals surface area contributed by atoms with Gasteiger partial charge in [0.05, 0.1) is 11.8 Å². The van der Waals surface area contributed by atoms with Gasteiger partial charge in [0.25, 0.3) is 0 Å². The Balaban J connectivity index is 1.63. The number of anilines is 1. The number of carbonyl (C=O) groups is 1. The molecule has 0 atom stereocenters. The second-order valence-electron chi connectivity index (χ2n) is 5.84. The van der Waals surface area contributed by atoms with Crippen molar-refractivity contribution in [3.8, 4) is 5.82 Å². The van der Waals surface area contributed by atoms with Gasteiger partial charge in [-0.05, 0) is 31.9 Å². The van der Waals surface area contributed by atoms with E-state index in [4.69, 9.17) is 4.74 Å². The molecule has 1 amide bonds. The number of ether oxygens (including phenoxy) is 1. The van der Waals surface area contributed by atoms with Crippen LogP contribution in [0.1, 0.15) is 37.9 Å². The van der Waals surface area contributed by atoms with Crippen LogP contribution in [0.4, 0.5) is 5.69 Å². The van der Waals surface area contributed by atoms with E-state index in [0.717, 1.165) is 18.7 Å². The van der Waals surface area contributed by atoms with Crippen LogP contribution in [0.2, 0.25) is 0 Å². The molecule has 1 aliphatic carbocycles. The van der Waals surface area contributed by atoms with Gasteiger partial charge in [-0.3, -0.25) is 9.36 Å². The first-order valence-corrected chi connectivity index (χ1v) is 8.11. The van der Waals surface area contributed by atoms with E-state index in [-0.39, 0.29) is 18.6 Å². The van der Waals surface area contributed by atoms with E-state index in [0.29, 0.717) is 11.5 Å². The first-order chi connectivity index (χ1) is 11.2. The first kappa shape index (κ1) is 15.7. The van der Waals surface area contributed by atoms with Gasteiger partial charge in [0.2, 0.25) is 5.91 Å². The molecule has 1 fully saturated rings. The van der Waals surface area contributed by atoms with Crippen LogP contribution in [0, 0.1) is 6.92 Å². The van der Waals surface area contributed by atoms with E-state index in [9.17, 15) is 4.79 Å². The van der Waals surface area contributed by atoms with Crippen LogP contribution >= 0.6 is 0 Å². The Hall–Kier alpha value is -2.21. The van der Waals surface area contributed by atoms with Crippen molar-refractivity contribution in [1.29, 1.82) is 0 Å². The van der Waals surface area contributed by atoms with Gasteiger partial charge in [-0.25, -0.2) is 9.97 Å². The minimum atomic E-state index is -0.150. The second-order valence-corrected chi connectivity index (χ2v) is 5.84. The minimum absolute atomic E-state index is 0.0852. The van der Waals surface area contributed by atoms with Crippen molar-refractivity contribution >= 4 is 11.6 Å². The Morgan fingerprint density at radius 3 is 2.87 bits per heavy atom. The predicted octanol–water partition coefficient (Wildman–Crippen LogP) is 2.86. The molecule has 6 heteroatoms. The molecule has 0 bridgehead atoms. The number of hydrogen-bond acceptors (Lipinski definition) is 4. The summed E-state index contributed by atoms with van der Waals surface area (Å²) < 4.78 is 7.56. The van der Waals surface area contributed by atoms with E-state index in [1.165, 1.54) is 19.3 Å². The summed E-state index contributed by atoms with van der Waals surface area (Å²) in [5.41, 5.74) is 0.658. The van der Waals surface area contributed by atoms with Gasteiger partial charge in [0.1, 0.15) is 12.4 Å². The number of carbonyl (C=O) groups excluding carboxylic acids is 1. The monoisotopic (exact) mass is 314 g/mol. The van der Waals surface area contributed by atoms with Crippen molar-refractivity contribution in [2.75, 3.05) is 11.9 Å². The van der Waals surface area contributed by atoms with Crippen LogP contribution in [0.5, 0.6) is 0 Å². The number of nitrogens with zero attached hydrogens (tertiary/aromatic N) is 3. The molecule has 0 aromatic carbocycles. The van der Waals surface area contributed by atoms with E-state index in [1.54, 1.807) is 18.5 Å². The van der Waals surface area contributed by atoms with E-state index >= 15 is 0 Å². The highest BCUT2D eigenvalue weighted by Crippen LogP contribution is 2.21. The Kier molecular flexibility index (Phi) is 5.02. The summed E-state index contributed by atoms with van der Waals surface area (Å²) in [7, 11) is 0. The summed E-state index contributed by atoms with van der Waals surface area (Å²) in [5, 5.41) is 2.89. The van der Waals surface area contributed by atoms with Crippen molar-refractivity contribution < 1.29 is 9.53 Å². The van der Waals surface area contributed by atoms with Crippen LogP contribution in [-0.2, 0) is 9.53 Å². The van der Waals surface area contributed by atoms with Crippen LogP contribution in [0.25, 0.3) is 5.82 Å². The Morgan fingerprint density at radius 2 is 2.13 bits per heavy atom. The fourth-order valence-electron chi connectivity index (χ4n) is 2.90. The largest absolute Gasteiger partial charge is 0.368 e. The molecular weight excluding hydrogens is 292 g/mol. The topological polar surface area (TPSA) is 69.0 Å². The van der Waals surface area contributed by atoms with Crippen LogP contribution < -0.4 is 5.32 Å². The molecule has 0 radical (unpaired) electrons. The van der Waals surface area contributed by atoms with Crippen LogP contribution in [-0.4, -0.2) is 33.2 Å². The molecule has 2 aromatic heterocycles. The molecule has 3 rings (SSSR count). The minimum Gasteiger partial charge on any atom is -0.368 e. The molecule has 0 spiro atoms. The number of imidazole rings is 1. The quantitative estimate of drug-likeness (QED) is 0.921. The number of rotatable bonds is 5. The normalized spacial score (nSPS) is 15.5. The summed E-state index contributed by atoms with van der Waals surface area (Å²) in [6, 6.07) is 3.63. The SMILES string of the molecule is Cc1nccn1-c1ncccc1NC(=O)COC1CCCCC1. The van der Waals surface area contributed by atoms with Gasteiger partial charge in [-0.1, -0.05) is 19.3 Å². The standard InChI is InChI=1S/C17H22N4O2/c1-13-18-10-11-21(13)17-15(8-5-9-19-17)20-16(22)12-23-14-6-3-2-4-7-14/h5,8-11,14H,2-4,6-7,12H2,1H3,(H,20,22). The smallest absolute Gasteiger partial charge is 0.250 e. The van der Waals surface area contributed by atoms with Gasteiger partial charge in [-0.15, -0.1) is 0 Å². The van der Waals surface area contributed by atoms with Crippen molar-refractivity contribution in [2.45, 2.75) is 45.1 Å². The fourth-order valence-corrected chi connectivity index (χ4v) is 2.90. The average molecular weight is 314 g/mol. The predicted molar refractivity (Wildman–Crippen MR) is 87.6 cm³/mol. The highest BCUT2D eigenvalue weighted by atomic mass is 16.5. The summed E-state index contributed by atoms with van der Waals surface area (Å²) >= 11 is 0. The van der Waals surface area contributed by atoms with E-state index in [2.05, 4.69) is 15.3 Å². The lowest BCUT2D eigenvalue weighted by Crippen LogP contribution is -2.25. The highest BCUT2D eigenvalue weighted by molar-refractivity contribution is 5.93. The molecule has 1 aliphatic rings. The molecule has 0 saturated heterocycles. The maximum absolute atomic E-state index is 12.2. The number of aromatic nitrogens is 3. The first-order valence-electron chi connectivity index (χ1n) is 8.11. The van der Waals surface area contributed by atoms with E-state index in [1.807, 2.05) is 23.8 Å². The molecule has 6 nitrogen and oxygen atoms in total. The Labute approximate surface area is 135 Å². The van der Waals surface area contributed by atoms with Crippen molar-refractivity contribution in [2.24, 2.45) is 0 Å². The van der Waals surface area contributed by atoms with Crippen LogP contribution in [0.15, 0.2) is 30.7 Å². The molecule has 122 valence electrons. The molecule has 1 saturated carbocycles. The van der Waals surface area contributed by atoms with Gasteiger partial charge < -0.3 is 10.1 Å². The third-order valence-electron chi connectivity index (χ3n) is 4.12. The lowest BCUT2D eigenvalue weighted by Gasteiger charge is -2.21. The zero-order chi connectivity index (χ0) is 16.1. The summed E-state index contributed by atoms with van der Waals surface area (Å²) in [5.74, 6) is 1.33. The van der Waals surface area contributed by atoms with Gasteiger partial charge in [0, 0.05) is 18.6 Å². The lowest BCUT2D eigenvalue weighted by molar-refractivity contribution is -0.123. The molecule has 2 heterocycles. The molecule has 0 unspecified atom stereocenters. The third kappa shape index (κ3) is 3.96. The van der Waals surface area contributed by atoms with Crippen molar-refractivity contribution in [3.63, 3.8) is 0 Å². The number of aryl methyl sites for hydroxylation is 1. The summed E-state index contributed by atoms with van der Waals surface area (Å²) in [6.07, 6.45) is 11.2. The fraction of sp³-hybridized carbons (Fsp3) is 0.471. The van der Waals surface area contributed by atoms with Crippen molar-refractivity contribution in [3.05, 3.63) is 36.5 Å². The number of hydrogen-bond donors (Lipinski definition) is 1. The second kappa shape index (κ2) is 7.37. The zero-order valence-electron chi connectivity index (χ0n) is 13.4. The Bertz CT molecular complexity index is 662. The lowest BCUT2D eigenvalue weighted by atomic mass is 9.98. The molecule has 2 aromatic rings. The molecule has 0 aliphatic heterocycles. The molecular formula is C17H22N4O2. The third-order valence-corrected chi connectivity index (χ3v) is 4.12. The molecule has 23 heavy (non-hydrogen) atoms. The highest BCUT2D eigenvalue weighted by Gasteiger charge is 2.16.